The van der Waals surface area contributed by atoms with Crippen LogP contribution >= 0.6 is 0 Å². The molecule has 0 unspecified atom stereocenters. The molecule has 0 bridgehead atoms. The second-order valence-corrected chi connectivity index (χ2v) is 2.91. The van der Waals surface area contributed by atoms with E-state index in [1.165, 1.54) is 26.2 Å². The van der Waals surface area contributed by atoms with E-state index >= 15 is 0 Å². The van der Waals surface area contributed by atoms with Crippen LogP contribution in [0.2, 0.25) is 0 Å². The Bertz CT molecular complexity index is 54.9. The number of nitrogens with one attached hydrogen (secondary N) is 2. The topological polar surface area (TPSA) is 8.88 Å². The van der Waals surface area contributed by atoms with E-state index in [-0.39, 0.29) is 0 Å². The molecule has 0 aromatic carbocycles. The van der Waals surface area contributed by atoms with E-state index in [2.05, 4.69) is 14.1 Å². The summed E-state index contributed by atoms with van der Waals surface area (Å²) in [6.45, 7) is 5.41. The van der Waals surface area contributed by atoms with E-state index < -0.39 is 0 Å². The van der Waals surface area contributed by atoms with Crippen molar-refractivity contribution in [2.75, 3.05) is 40.3 Å². The molecule has 0 atom stereocenters. The van der Waals surface area contributed by atoms with Gasteiger partial charge in [0.15, 0.2) is 0 Å². The summed E-state index contributed by atoms with van der Waals surface area (Å²) in [6.07, 6.45) is 0. The molecule has 1 aliphatic heterocycles. The predicted octanol–water partition coefficient (Wildman–Crippen LogP) is -2.97. The van der Waals surface area contributed by atoms with Crippen LogP contribution in [0, 0.1) is 0 Å². The smallest absolute Gasteiger partial charge is 0.127 e. The van der Waals surface area contributed by atoms with Gasteiger partial charge in [-0.3, -0.25) is 0 Å². The van der Waals surface area contributed by atoms with Gasteiger partial charge in [0.25, 0.3) is 0 Å². The van der Waals surface area contributed by atoms with Crippen molar-refractivity contribution in [2.24, 2.45) is 0 Å². The van der Waals surface area contributed by atoms with Crippen molar-refractivity contribution in [1.82, 2.24) is 0 Å². The zero-order valence-corrected chi connectivity index (χ0v) is 5.83. The Kier molecular flexibility index (Phi) is 1.86. The molecule has 48 valence electrons. The van der Waals surface area contributed by atoms with Gasteiger partial charge in [-0.2, -0.15) is 0 Å². The number of quaternary nitrogens is 2. The molecule has 2 heteroatoms. The zero-order chi connectivity index (χ0) is 5.98. The van der Waals surface area contributed by atoms with Gasteiger partial charge >= 0.3 is 0 Å². The van der Waals surface area contributed by atoms with E-state index in [4.69, 9.17) is 0 Å². The molecule has 0 amide bonds. The van der Waals surface area contributed by atoms with Crippen molar-refractivity contribution in [3.05, 3.63) is 0 Å². The van der Waals surface area contributed by atoms with Crippen molar-refractivity contribution in [3.8, 4) is 0 Å². The Balaban J connectivity index is 2.19. The number of piperazine rings is 1. The van der Waals surface area contributed by atoms with E-state index in [1.807, 2.05) is 0 Å². The van der Waals surface area contributed by atoms with Gasteiger partial charge in [0.2, 0.25) is 0 Å². The Labute approximate surface area is 51.1 Å². The van der Waals surface area contributed by atoms with E-state index in [0.29, 0.717) is 0 Å². The first-order chi connectivity index (χ1) is 3.79. The summed E-state index contributed by atoms with van der Waals surface area (Å²) in [5.41, 5.74) is 0. The second kappa shape index (κ2) is 2.46. The minimum atomic E-state index is 1.35. The lowest BCUT2D eigenvalue weighted by Crippen LogP contribution is -3.25. The third-order valence-electron chi connectivity index (χ3n) is 1.96. The summed E-state index contributed by atoms with van der Waals surface area (Å²) in [6, 6.07) is 0. The van der Waals surface area contributed by atoms with Crippen LogP contribution in [-0.2, 0) is 0 Å². The lowest BCUT2D eigenvalue weighted by Gasteiger charge is -2.23. The molecule has 0 aromatic heterocycles. The zero-order valence-electron chi connectivity index (χ0n) is 5.83. The average molecular weight is 116 g/mol. The maximum absolute atomic E-state index is 2.27. The molecule has 0 spiro atoms. The van der Waals surface area contributed by atoms with Crippen molar-refractivity contribution < 1.29 is 9.80 Å². The van der Waals surface area contributed by atoms with Crippen molar-refractivity contribution in [1.29, 1.82) is 0 Å². The van der Waals surface area contributed by atoms with Crippen LogP contribution in [0.5, 0.6) is 0 Å². The Morgan fingerprint density at radius 2 is 1.00 bits per heavy atom. The summed E-state index contributed by atoms with van der Waals surface area (Å²) in [5.74, 6) is 0. The van der Waals surface area contributed by atoms with Crippen LogP contribution < -0.4 is 9.80 Å². The lowest BCUT2D eigenvalue weighted by molar-refractivity contribution is -0.994. The highest BCUT2D eigenvalue weighted by Crippen LogP contribution is 1.50. The monoisotopic (exact) mass is 116 g/mol. The summed E-state index contributed by atoms with van der Waals surface area (Å²) < 4.78 is 0. The summed E-state index contributed by atoms with van der Waals surface area (Å²) in [7, 11) is 4.54. The van der Waals surface area contributed by atoms with E-state index in [0.717, 1.165) is 0 Å². The molecule has 1 aliphatic rings. The first-order valence-electron chi connectivity index (χ1n) is 3.41. The molecule has 1 heterocycles. The quantitative estimate of drug-likeness (QED) is 0.334. The molecule has 0 radical (unpaired) electrons. The van der Waals surface area contributed by atoms with Gasteiger partial charge in [0.05, 0.1) is 14.1 Å². The molecule has 1 fully saturated rings. The Morgan fingerprint density at radius 3 is 1.25 bits per heavy atom. The number of rotatable bonds is 0. The van der Waals surface area contributed by atoms with Crippen LogP contribution in [0.25, 0.3) is 0 Å². The van der Waals surface area contributed by atoms with Gasteiger partial charge in [-0.15, -0.1) is 0 Å². The molecule has 2 nitrogen and oxygen atoms in total. The minimum Gasteiger partial charge on any atom is -0.328 e. The number of hydrogen-bond acceptors (Lipinski definition) is 0. The van der Waals surface area contributed by atoms with E-state index in [1.54, 1.807) is 9.80 Å². The molecule has 0 saturated carbocycles. The maximum Gasteiger partial charge on any atom is 0.127 e. The van der Waals surface area contributed by atoms with Gasteiger partial charge in [-0.25, -0.2) is 0 Å². The number of hydrogen-bond donors (Lipinski definition) is 2. The fourth-order valence-corrected chi connectivity index (χ4v) is 1.10. The molecular weight excluding hydrogens is 100 g/mol. The first kappa shape index (κ1) is 6.05. The molecule has 0 aromatic rings. The molecule has 0 aliphatic carbocycles. The van der Waals surface area contributed by atoms with Crippen LogP contribution in [0.3, 0.4) is 0 Å². The molecule has 8 heavy (non-hydrogen) atoms. The lowest BCUT2D eigenvalue weighted by atomic mass is 10.4. The molecule has 2 N–H and O–H groups in total. The van der Waals surface area contributed by atoms with Crippen molar-refractivity contribution in [2.45, 2.75) is 0 Å². The number of likely N-dealkylation sites (N-methyl/N-ethyl adjacent to an activating group) is 2. The van der Waals surface area contributed by atoms with Gasteiger partial charge in [-0.1, -0.05) is 0 Å². The van der Waals surface area contributed by atoms with Gasteiger partial charge < -0.3 is 9.80 Å². The van der Waals surface area contributed by atoms with Crippen LogP contribution in [-0.4, -0.2) is 40.3 Å². The third-order valence-corrected chi connectivity index (χ3v) is 1.96. The SMILES string of the molecule is C[NH+]1CC[NH+](C)CC1. The summed E-state index contributed by atoms with van der Waals surface area (Å²) >= 11 is 0. The van der Waals surface area contributed by atoms with Crippen molar-refractivity contribution >= 4 is 0 Å². The summed E-state index contributed by atoms with van der Waals surface area (Å²) in [4.78, 5) is 3.38. The van der Waals surface area contributed by atoms with Gasteiger partial charge in [0.1, 0.15) is 26.2 Å². The second-order valence-electron chi connectivity index (χ2n) is 2.91. The highest BCUT2D eigenvalue weighted by molar-refractivity contribution is 4.30. The summed E-state index contributed by atoms with van der Waals surface area (Å²) in [5, 5.41) is 0. The molecule has 1 rings (SSSR count). The fraction of sp³-hybridized carbons (Fsp3) is 1.00. The largest absolute Gasteiger partial charge is 0.328 e. The normalized spacial score (nSPS) is 39.8. The van der Waals surface area contributed by atoms with Gasteiger partial charge in [0, 0.05) is 0 Å². The average Bonchev–Trinajstić information content (AvgIpc) is 1.77. The highest BCUT2D eigenvalue weighted by atomic mass is 15.2. The van der Waals surface area contributed by atoms with Crippen LogP contribution in [0.15, 0.2) is 0 Å². The van der Waals surface area contributed by atoms with Crippen LogP contribution in [0.1, 0.15) is 0 Å². The maximum atomic E-state index is 2.27. The minimum absolute atomic E-state index is 1.35. The Hall–Kier alpha value is -0.0800. The molecular formula is C6H16N2+2. The van der Waals surface area contributed by atoms with Crippen LogP contribution in [0.4, 0.5) is 0 Å². The predicted molar refractivity (Wildman–Crippen MR) is 33.2 cm³/mol. The third kappa shape index (κ3) is 1.46. The Morgan fingerprint density at radius 1 is 0.750 bits per heavy atom. The highest BCUT2D eigenvalue weighted by Gasteiger charge is 2.14. The van der Waals surface area contributed by atoms with Crippen molar-refractivity contribution in [3.63, 3.8) is 0 Å². The first-order valence-corrected chi connectivity index (χ1v) is 3.41. The molecule has 1 saturated heterocycles. The van der Waals surface area contributed by atoms with Gasteiger partial charge in [-0.05, 0) is 0 Å². The fourth-order valence-electron chi connectivity index (χ4n) is 1.10. The standard InChI is InChI=1S/C6H14N2/c1-7-3-5-8(2)6-4-7/h3-6H2,1-2H3/p+2. The van der Waals surface area contributed by atoms with E-state index in [9.17, 15) is 0 Å².